The molecule has 0 aliphatic rings. The average molecular weight is 498 g/mol. The van der Waals surface area contributed by atoms with Gasteiger partial charge in [-0.05, 0) is 69.7 Å². The molecule has 6 heteroatoms. The molecule has 192 valence electrons. The molecule has 0 aliphatic carbocycles. The normalized spacial score (nSPS) is 13.1. The zero-order valence-corrected chi connectivity index (χ0v) is 22.6. The SMILES string of the molecule is CCCCCCCC/C=C\CCCC(=Cc1ccc2nccc(OC(C)C)c2n1)C(=O)CC(N)S. The lowest BCUT2D eigenvalue weighted by Gasteiger charge is -2.12. The molecule has 2 rings (SSSR count). The van der Waals surface area contributed by atoms with E-state index in [1.165, 1.54) is 38.5 Å². The van der Waals surface area contributed by atoms with Crippen LogP contribution in [-0.2, 0) is 4.79 Å². The first-order valence-electron chi connectivity index (χ1n) is 13.2. The molecule has 1 atom stereocenters. The number of aromatic nitrogens is 2. The molecule has 2 N–H and O–H groups in total. The maximum atomic E-state index is 12.9. The number of unbranched alkanes of at least 4 members (excludes halogenated alkanes) is 7. The highest BCUT2D eigenvalue weighted by atomic mass is 32.1. The summed E-state index contributed by atoms with van der Waals surface area (Å²) in [4.78, 5) is 22.0. The van der Waals surface area contributed by atoms with Gasteiger partial charge in [-0.25, -0.2) is 4.98 Å². The van der Waals surface area contributed by atoms with Gasteiger partial charge in [0.15, 0.2) is 5.78 Å². The van der Waals surface area contributed by atoms with Crippen LogP contribution in [0.3, 0.4) is 0 Å². The molecule has 0 amide bonds. The van der Waals surface area contributed by atoms with E-state index in [0.29, 0.717) is 23.4 Å². The summed E-state index contributed by atoms with van der Waals surface area (Å²) in [7, 11) is 0. The zero-order chi connectivity index (χ0) is 25.5. The Morgan fingerprint density at radius 3 is 2.49 bits per heavy atom. The summed E-state index contributed by atoms with van der Waals surface area (Å²) < 4.78 is 5.91. The summed E-state index contributed by atoms with van der Waals surface area (Å²) in [6.45, 7) is 6.21. The van der Waals surface area contributed by atoms with E-state index in [0.717, 1.165) is 30.4 Å². The Balaban J connectivity index is 2.02. The minimum Gasteiger partial charge on any atom is -0.489 e. The van der Waals surface area contributed by atoms with Crippen LogP contribution in [0, 0.1) is 0 Å². The van der Waals surface area contributed by atoms with Gasteiger partial charge in [0.05, 0.1) is 22.7 Å². The van der Waals surface area contributed by atoms with Crippen molar-refractivity contribution in [2.75, 3.05) is 0 Å². The number of Topliss-reactive ketones (excluding diaryl/α,β-unsaturated/α-hetero) is 1. The van der Waals surface area contributed by atoms with E-state index in [4.69, 9.17) is 15.5 Å². The zero-order valence-electron chi connectivity index (χ0n) is 21.7. The third-order valence-electron chi connectivity index (χ3n) is 5.71. The monoisotopic (exact) mass is 497 g/mol. The van der Waals surface area contributed by atoms with Crippen molar-refractivity contribution in [1.82, 2.24) is 9.97 Å². The topological polar surface area (TPSA) is 78.1 Å². The molecule has 0 saturated carbocycles. The summed E-state index contributed by atoms with van der Waals surface area (Å²) in [5.74, 6) is 0.719. The van der Waals surface area contributed by atoms with Crippen molar-refractivity contribution in [2.24, 2.45) is 5.73 Å². The molecule has 2 heterocycles. The minimum atomic E-state index is -0.470. The van der Waals surface area contributed by atoms with E-state index in [9.17, 15) is 4.79 Å². The van der Waals surface area contributed by atoms with Gasteiger partial charge in [0.2, 0.25) is 0 Å². The van der Waals surface area contributed by atoms with Crippen molar-refractivity contribution in [3.63, 3.8) is 0 Å². The molecular formula is C29H43N3O2S. The third kappa shape index (κ3) is 11.4. The molecular weight excluding hydrogens is 454 g/mol. The van der Waals surface area contributed by atoms with Gasteiger partial charge in [0.1, 0.15) is 11.3 Å². The van der Waals surface area contributed by atoms with Crippen LogP contribution in [0.1, 0.15) is 97.1 Å². The molecule has 0 radical (unpaired) electrons. The lowest BCUT2D eigenvalue weighted by Crippen LogP contribution is -2.18. The van der Waals surface area contributed by atoms with E-state index in [1.54, 1.807) is 6.20 Å². The van der Waals surface area contributed by atoms with Crippen LogP contribution in [0.15, 0.2) is 42.1 Å². The molecule has 0 aromatic carbocycles. The smallest absolute Gasteiger partial charge is 0.161 e. The molecule has 35 heavy (non-hydrogen) atoms. The number of ketones is 1. The number of fused-ring (bicyclic) bond motifs is 1. The van der Waals surface area contributed by atoms with E-state index >= 15 is 0 Å². The first kappa shape index (κ1) is 29.1. The van der Waals surface area contributed by atoms with Gasteiger partial charge in [0, 0.05) is 18.7 Å². The minimum absolute atomic E-state index is 0.0234. The molecule has 0 fully saturated rings. The molecule has 0 spiro atoms. The lowest BCUT2D eigenvalue weighted by atomic mass is 10.00. The first-order valence-corrected chi connectivity index (χ1v) is 13.7. The predicted octanol–water partition coefficient (Wildman–Crippen LogP) is 7.45. The number of ether oxygens (including phenoxy) is 1. The number of rotatable bonds is 17. The quantitative estimate of drug-likeness (QED) is 0.0780. The number of carbonyl (C=O) groups excluding carboxylic acids is 1. The largest absolute Gasteiger partial charge is 0.489 e. The summed E-state index contributed by atoms with van der Waals surface area (Å²) in [5.41, 5.74) is 8.71. The Morgan fingerprint density at radius 2 is 1.77 bits per heavy atom. The molecule has 2 aromatic rings. The van der Waals surface area contributed by atoms with Gasteiger partial charge in [-0.2, -0.15) is 12.6 Å². The molecule has 1 unspecified atom stereocenters. The van der Waals surface area contributed by atoms with E-state index < -0.39 is 5.37 Å². The van der Waals surface area contributed by atoms with Crippen LogP contribution in [0.4, 0.5) is 0 Å². The van der Waals surface area contributed by atoms with Crippen LogP contribution >= 0.6 is 12.6 Å². The maximum Gasteiger partial charge on any atom is 0.161 e. The van der Waals surface area contributed by atoms with Crippen LogP contribution < -0.4 is 10.5 Å². The van der Waals surface area contributed by atoms with Gasteiger partial charge in [-0.15, -0.1) is 0 Å². The summed E-state index contributed by atoms with van der Waals surface area (Å²) in [6, 6.07) is 5.63. The standard InChI is InChI=1S/C29H43N3O2S/c1-4-5-6-7-8-9-10-11-12-13-14-15-23(26(33)21-28(30)35)20-24-16-17-25-29(32-24)27(18-19-31-25)34-22(2)3/h11-12,16-20,22,28,35H,4-10,13-15,21,30H2,1-3H3/b12-11-,23-20?. The number of hydrogen-bond donors (Lipinski definition) is 2. The fourth-order valence-electron chi connectivity index (χ4n) is 3.93. The Morgan fingerprint density at radius 1 is 1.06 bits per heavy atom. The number of nitrogens with two attached hydrogens (primary N) is 1. The highest BCUT2D eigenvalue weighted by Gasteiger charge is 2.13. The first-order chi connectivity index (χ1) is 16.9. The van der Waals surface area contributed by atoms with Crippen molar-refractivity contribution in [2.45, 2.75) is 103 Å². The number of nitrogens with zero attached hydrogens (tertiary/aromatic N) is 2. The number of hydrogen-bond acceptors (Lipinski definition) is 6. The van der Waals surface area contributed by atoms with Gasteiger partial charge in [0.25, 0.3) is 0 Å². The molecule has 5 nitrogen and oxygen atoms in total. The number of allylic oxidation sites excluding steroid dienone is 3. The molecule has 0 aliphatic heterocycles. The van der Waals surface area contributed by atoms with Gasteiger partial charge >= 0.3 is 0 Å². The fourth-order valence-corrected chi connectivity index (χ4v) is 4.09. The van der Waals surface area contributed by atoms with Crippen LogP contribution in [0.25, 0.3) is 17.1 Å². The highest BCUT2D eigenvalue weighted by Crippen LogP contribution is 2.25. The van der Waals surface area contributed by atoms with Crippen molar-refractivity contribution < 1.29 is 9.53 Å². The Bertz CT molecular complexity index is 970. The highest BCUT2D eigenvalue weighted by molar-refractivity contribution is 7.80. The lowest BCUT2D eigenvalue weighted by molar-refractivity contribution is -0.115. The number of pyridine rings is 2. The summed E-state index contributed by atoms with van der Waals surface area (Å²) in [5, 5.41) is -0.470. The van der Waals surface area contributed by atoms with E-state index in [1.807, 2.05) is 38.1 Å². The van der Waals surface area contributed by atoms with Crippen molar-refractivity contribution in [3.8, 4) is 5.75 Å². The molecule has 0 bridgehead atoms. The van der Waals surface area contributed by atoms with E-state index in [-0.39, 0.29) is 18.3 Å². The van der Waals surface area contributed by atoms with Crippen molar-refractivity contribution in [3.05, 3.63) is 47.8 Å². The maximum absolute atomic E-state index is 12.9. The fraction of sp³-hybridized carbons (Fsp3) is 0.552. The second kappa shape index (κ2) is 16.5. The summed E-state index contributed by atoms with van der Waals surface area (Å²) >= 11 is 4.21. The second-order valence-corrected chi connectivity index (χ2v) is 10.0. The van der Waals surface area contributed by atoms with Crippen LogP contribution in [0.2, 0.25) is 0 Å². The Labute approximate surface area is 217 Å². The number of carbonyl (C=O) groups is 1. The number of thiol groups is 1. The van der Waals surface area contributed by atoms with Crippen molar-refractivity contribution in [1.29, 1.82) is 0 Å². The Kier molecular flexibility index (Phi) is 13.7. The van der Waals surface area contributed by atoms with Crippen molar-refractivity contribution >= 4 is 35.5 Å². The van der Waals surface area contributed by atoms with Crippen LogP contribution in [-0.4, -0.2) is 27.2 Å². The molecule has 0 saturated heterocycles. The van der Waals surface area contributed by atoms with Gasteiger partial charge in [-0.3, -0.25) is 9.78 Å². The summed E-state index contributed by atoms with van der Waals surface area (Å²) in [6.07, 6.45) is 20.0. The van der Waals surface area contributed by atoms with Gasteiger partial charge in [-0.1, -0.05) is 51.2 Å². The Hall–Kier alpha value is -2.18. The molecule has 2 aromatic heterocycles. The predicted molar refractivity (Wildman–Crippen MR) is 151 cm³/mol. The van der Waals surface area contributed by atoms with Gasteiger partial charge < -0.3 is 10.5 Å². The third-order valence-corrected chi connectivity index (χ3v) is 5.90. The van der Waals surface area contributed by atoms with E-state index in [2.05, 4.69) is 36.7 Å². The second-order valence-electron chi connectivity index (χ2n) is 9.36. The average Bonchev–Trinajstić information content (AvgIpc) is 2.81. The van der Waals surface area contributed by atoms with Crippen LogP contribution in [0.5, 0.6) is 5.75 Å².